The highest BCUT2D eigenvalue weighted by Crippen LogP contribution is 2.24. The van der Waals surface area contributed by atoms with E-state index < -0.39 is 0 Å². The number of fused-ring (bicyclic) bond motifs is 1. The Morgan fingerprint density at radius 1 is 1.00 bits per heavy atom. The standard InChI is InChI=1S/C19H14FN3O/c20-16-5-7-17(8-6-16)24-12-14-3-1-2-4-18(14)15-9-22-19-10-21-13-23(19)11-15/h1-11,13H,12H2. The molecule has 0 amide bonds. The van der Waals surface area contributed by atoms with Gasteiger partial charge in [0.1, 0.15) is 24.5 Å². The van der Waals surface area contributed by atoms with Crippen molar-refractivity contribution in [2.24, 2.45) is 0 Å². The monoisotopic (exact) mass is 319 g/mol. The molecule has 0 aliphatic heterocycles. The fourth-order valence-electron chi connectivity index (χ4n) is 2.57. The van der Waals surface area contributed by atoms with Crippen LogP contribution in [-0.2, 0) is 6.61 Å². The van der Waals surface area contributed by atoms with Crippen molar-refractivity contribution in [1.82, 2.24) is 14.4 Å². The maximum Gasteiger partial charge on any atom is 0.156 e. The molecule has 2 heterocycles. The van der Waals surface area contributed by atoms with Crippen LogP contribution in [0.2, 0.25) is 0 Å². The van der Waals surface area contributed by atoms with Gasteiger partial charge in [-0.05, 0) is 35.4 Å². The lowest BCUT2D eigenvalue weighted by atomic mass is 10.0. The lowest BCUT2D eigenvalue weighted by molar-refractivity contribution is 0.306. The molecule has 0 aliphatic carbocycles. The minimum Gasteiger partial charge on any atom is -0.489 e. The van der Waals surface area contributed by atoms with Gasteiger partial charge in [-0.25, -0.2) is 14.4 Å². The van der Waals surface area contributed by atoms with Gasteiger partial charge in [0.25, 0.3) is 0 Å². The predicted molar refractivity (Wildman–Crippen MR) is 89.2 cm³/mol. The van der Waals surface area contributed by atoms with E-state index in [4.69, 9.17) is 4.74 Å². The third-order valence-corrected chi connectivity index (χ3v) is 3.80. The van der Waals surface area contributed by atoms with Crippen molar-refractivity contribution in [3.63, 3.8) is 0 Å². The summed E-state index contributed by atoms with van der Waals surface area (Å²) in [6, 6.07) is 14.0. The Labute approximate surface area is 138 Å². The highest BCUT2D eigenvalue weighted by molar-refractivity contribution is 5.66. The summed E-state index contributed by atoms with van der Waals surface area (Å²) >= 11 is 0. The largest absolute Gasteiger partial charge is 0.489 e. The van der Waals surface area contributed by atoms with Gasteiger partial charge in [-0.15, -0.1) is 0 Å². The van der Waals surface area contributed by atoms with E-state index in [1.807, 2.05) is 41.1 Å². The van der Waals surface area contributed by atoms with Gasteiger partial charge in [-0.1, -0.05) is 24.3 Å². The Balaban J connectivity index is 1.63. The molecule has 0 bridgehead atoms. The smallest absolute Gasteiger partial charge is 0.156 e. The molecule has 0 spiro atoms. The summed E-state index contributed by atoms with van der Waals surface area (Å²) in [5.41, 5.74) is 3.86. The molecule has 0 fully saturated rings. The molecule has 2 aromatic heterocycles. The van der Waals surface area contributed by atoms with Crippen LogP contribution in [0.1, 0.15) is 5.56 Å². The zero-order valence-corrected chi connectivity index (χ0v) is 12.8. The second-order valence-electron chi connectivity index (χ2n) is 5.40. The van der Waals surface area contributed by atoms with Gasteiger partial charge in [0.2, 0.25) is 0 Å². The minimum absolute atomic E-state index is 0.276. The summed E-state index contributed by atoms with van der Waals surface area (Å²) in [5, 5.41) is 0. The van der Waals surface area contributed by atoms with Crippen molar-refractivity contribution < 1.29 is 9.13 Å². The normalized spacial score (nSPS) is 10.9. The van der Waals surface area contributed by atoms with Crippen molar-refractivity contribution in [1.29, 1.82) is 0 Å². The molecule has 118 valence electrons. The van der Waals surface area contributed by atoms with Crippen molar-refractivity contribution in [2.45, 2.75) is 6.61 Å². The van der Waals surface area contributed by atoms with E-state index in [1.165, 1.54) is 12.1 Å². The zero-order chi connectivity index (χ0) is 16.4. The van der Waals surface area contributed by atoms with E-state index >= 15 is 0 Å². The Morgan fingerprint density at radius 2 is 1.83 bits per heavy atom. The fourth-order valence-corrected chi connectivity index (χ4v) is 2.57. The maximum atomic E-state index is 13.0. The van der Waals surface area contributed by atoms with Crippen molar-refractivity contribution in [3.05, 3.63) is 84.8 Å². The van der Waals surface area contributed by atoms with E-state index in [0.717, 1.165) is 22.3 Å². The van der Waals surface area contributed by atoms with Crippen LogP contribution in [0.5, 0.6) is 5.75 Å². The Kier molecular flexibility index (Phi) is 3.67. The third-order valence-electron chi connectivity index (χ3n) is 3.80. The van der Waals surface area contributed by atoms with Gasteiger partial charge in [-0.3, -0.25) is 4.40 Å². The molecular weight excluding hydrogens is 305 g/mol. The number of imidazole rings is 1. The van der Waals surface area contributed by atoms with E-state index in [-0.39, 0.29) is 5.82 Å². The zero-order valence-electron chi connectivity index (χ0n) is 12.8. The molecule has 0 saturated carbocycles. The molecule has 4 aromatic rings. The fraction of sp³-hybridized carbons (Fsp3) is 0.0526. The predicted octanol–water partition coefficient (Wildman–Crippen LogP) is 4.11. The highest BCUT2D eigenvalue weighted by Gasteiger charge is 2.07. The van der Waals surface area contributed by atoms with Gasteiger partial charge in [0, 0.05) is 18.0 Å². The SMILES string of the molecule is Fc1ccc(OCc2ccccc2-c2cnc3cncn3c2)cc1. The van der Waals surface area contributed by atoms with Gasteiger partial charge in [0.05, 0.1) is 6.20 Å². The maximum absolute atomic E-state index is 13.0. The quantitative estimate of drug-likeness (QED) is 0.568. The van der Waals surface area contributed by atoms with Crippen LogP contribution < -0.4 is 4.74 Å². The first kappa shape index (κ1) is 14.4. The molecule has 0 aliphatic rings. The lowest BCUT2D eigenvalue weighted by Gasteiger charge is -2.11. The molecule has 0 atom stereocenters. The van der Waals surface area contributed by atoms with Crippen molar-refractivity contribution in [3.8, 4) is 16.9 Å². The number of rotatable bonds is 4. The molecule has 0 unspecified atom stereocenters. The number of ether oxygens (including phenoxy) is 1. The molecule has 4 nitrogen and oxygen atoms in total. The van der Waals surface area contributed by atoms with E-state index in [9.17, 15) is 4.39 Å². The van der Waals surface area contributed by atoms with Gasteiger partial charge in [-0.2, -0.15) is 0 Å². The Hall–Kier alpha value is -3.21. The molecule has 0 radical (unpaired) electrons. The molecule has 5 heteroatoms. The summed E-state index contributed by atoms with van der Waals surface area (Å²) < 4.78 is 20.6. The summed E-state index contributed by atoms with van der Waals surface area (Å²) in [5.74, 6) is 0.358. The minimum atomic E-state index is -0.276. The van der Waals surface area contributed by atoms with Gasteiger partial charge >= 0.3 is 0 Å². The topological polar surface area (TPSA) is 39.4 Å². The van der Waals surface area contributed by atoms with Gasteiger partial charge < -0.3 is 4.74 Å². The summed E-state index contributed by atoms with van der Waals surface area (Å²) in [7, 11) is 0. The first-order chi connectivity index (χ1) is 11.8. The van der Waals surface area contributed by atoms with E-state index in [1.54, 1.807) is 24.7 Å². The van der Waals surface area contributed by atoms with Crippen molar-refractivity contribution in [2.75, 3.05) is 0 Å². The number of nitrogens with zero attached hydrogens (tertiary/aromatic N) is 3. The second kappa shape index (κ2) is 6.12. The molecule has 2 aromatic carbocycles. The average Bonchev–Trinajstić information content (AvgIpc) is 3.09. The Morgan fingerprint density at radius 3 is 2.71 bits per heavy atom. The molecule has 0 N–H and O–H groups in total. The first-order valence-electron chi connectivity index (χ1n) is 7.54. The lowest BCUT2D eigenvalue weighted by Crippen LogP contribution is -1.99. The van der Waals surface area contributed by atoms with Gasteiger partial charge in [0.15, 0.2) is 5.65 Å². The van der Waals surface area contributed by atoms with Crippen LogP contribution in [0.4, 0.5) is 4.39 Å². The Bertz CT molecular complexity index is 979. The number of hydrogen-bond acceptors (Lipinski definition) is 3. The van der Waals surface area contributed by atoms with E-state index in [0.29, 0.717) is 12.4 Å². The number of aromatic nitrogens is 3. The summed E-state index contributed by atoms with van der Waals surface area (Å²) in [4.78, 5) is 8.49. The molecule has 24 heavy (non-hydrogen) atoms. The average molecular weight is 319 g/mol. The molecule has 4 rings (SSSR count). The third kappa shape index (κ3) is 2.84. The van der Waals surface area contributed by atoms with Crippen LogP contribution in [0.15, 0.2) is 73.4 Å². The first-order valence-corrected chi connectivity index (χ1v) is 7.54. The second-order valence-corrected chi connectivity index (χ2v) is 5.40. The van der Waals surface area contributed by atoms with Crippen LogP contribution >= 0.6 is 0 Å². The summed E-state index contributed by atoms with van der Waals surface area (Å²) in [6.07, 6.45) is 7.26. The highest BCUT2D eigenvalue weighted by atomic mass is 19.1. The number of halogens is 1. The molecule has 0 saturated heterocycles. The number of benzene rings is 2. The van der Waals surface area contributed by atoms with E-state index in [2.05, 4.69) is 9.97 Å². The summed E-state index contributed by atoms with van der Waals surface area (Å²) in [6.45, 7) is 0.393. The van der Waals surface area contributed by atoms with Crippen LogP contribution in [0.25, 0.3) is 16.8 Å². The van der Waals surface area contributed by atoms with Crippen LogP contribution in [0, 0.1) is 5.82 Å². The molecular formula is C19H14FN3O. The number of hydrogen-bond donors (Lipinski definition) is 0. The van der Waals surface area contributed by atoms with Crippen molar-refractivity contribution >= 4 is 5.65 Å². The van der Waals surface area contributed by atoms with Crippen LogP contribution in [0.3, 0.4) is 0 Å². The van der Waals surface area contributed by atoms with Crippen LogP contribution in [-0.4, -0.2) is 14.4 Å².